The predicted molar refractivity (Wildman–Crippen MR) is 77.7 cm³/mol. The fourth-order valence-electron chi connectivity index (χ4n) is 2.62. The number of benzene rings is 1. The summed E-state index contributed by atoms with van der Waals surface area (Å²) >= 11 is 0. The zero-order chi connectivity index (χ0) is 13.8. The van der Waals surface area contributed by atoms with Gasteiger partial charge in [-0.3, -0.25) is 0 Å². The zero-order valence-corrected chi connectivity index (χ0v) is 11.9. The lowest BCUT2D eigenvalue weighted by Gasteiger charge is -2.18. The molecule has 1 aromatic heterocycles. The maximum atomic E-state index is 5.38. The van der Waals surface area contributed by atoms with E-state index in [1.54, 1.807) is 0 Å². The van der Waals surface area contributed by atoms with Crippen LogP contribution in [-0.4, -0.2) is 23.2 Å². The molecule has 1 fully saturated rings. The third-order valence-corrected chi connectivity index (χ3v) is 3.94. The molecule has 1 aliphatic rings. The quantitative estimate of drug-likeness (QED) is 0.928. The van der Waals surface area contributed by atoms with E-state index in [1.807, 2.05) is 0 Å². The first-order valence-corrected chi connectivity index (χ1v) is 7.40. The molecule has 1 aromatic carbocycles. The Balaban J connectivity index is 1.58. The standard InChI is InChI=1S/C16H21N3O/c1-12-2-4-13(5-3-12)6-7-15-18-16(19-20-15)14-8-10-17-11-9-14/h2-5,14,17H,6-11H2,1H3. The molecule has 106 valence electrons. The van der Waals surface area contributed by atoms with Gasteiger partial charge in [0, 0.05) is 12.3 Å². The Bertz CT molecular complexity index is 541. The van der Waals surface area contributed by atoms with E-state index < -0.39 is 0 Å². The van der Waals surface area contributed by atoms with E-state index in [2.05, 4.69) is 46.6 Å². The summed E-state index contributed by atoms with van der Waals surface area (Å²) in [5, 5.41) is 7.51. The minimum atomic E-state index is 0.466. The molecule has 1 saturated heterocycles. The molecule has 0 spiro atoms. The van der Waals surface area contributed by atoms with E-state index in [0.717, 1.165) is 50.5 Å². The normalized spacial score (nSPS) is 16.4. The van der Waals surface area contributed by atoms with Gasteiger partial charge in [-0.05, 0) is 44.8 Å². The van der Waals surface area contributed by atoms with Gasteiger partial charge in [0.15, 0.2) is 5.82 Å². The average Bonchev–Trinajstić information content (AvgIpc) is 2.97. The summed E-state index contributed by atoms with van der Waals surface area (Å²) in [6.45, 7) is 4.21. The van der Waals surface area contributed by atoms with Gasteiger partial charge < -0.3 is 9.84 Å². The van der Waals surface area contributed by atoms with Gasteiger partial charge in [0.25, 0.3) is 0 Å². The van der Waals surface area contributed by atoms with Crippen molar-refractivity contribution in [3.05, 3.63) is 47.1 Å². The van der Waals surface area contributed by atoms with E-state index in [4.69, 9.17) is 4.52 Å². The summed E-state index contributed by atoms with van der Waals surface area (Å²) in [7, 11) is 0. The van der Waals surface area contributed by atoms with E-state index in [-0.39, 0.29) is 0 Å². The van der Waals surface area contributed by atoms with Crippen molar-refractivity contribution in [3.63, 3.8) is 0 Å². The number of nitrogens with one attached hydrogen (secondary N) is 1. The molecule has 1 aliphatic heterocycles. The number of rotatable bonds is 4. The minimum Gasteiger partial charge on any atom is -0.339 e. The van der Waals surface area contributed by atoms with Crippen molar-refractivity contribution >= 4 is 0 Å². The van der Waals surface area contributed by atoms with E-state index in [1.165, 1.54) is 11.1 Å². The van der Waals surface area contributed by atoms with Crippen LogP contribution in [0.2, 0.25) is 0 Å². The monoisotopic (exact) mass is 271 g/mol. The molecule has 0 unspecified atom stereocenters. The van der Waals surface area contributed by atoms with Crippen LogP contribution in [-0.2, 0) is 12.8 Å². The zero-order valence-electron chi connectivity index (χ0n) is 11.9. The highest BCUT2D eigenvalue weighted by Crippen LogP contribution is 2.22. The molecular weight excluding hydrogens is 250 g/mol. The van der Waals surface area contributed by atoms with E-state index in [0.29, 0.717) is 5.92 Å². The van der Waals surface area contributed by atoms with Gasteiger partial charge in [0.1, 0.15) is 0 Å². The molecule has 0 amide bonds. The number of aromatic nitrogens is 2. The SMILES string of the molecule is Cc1ccc(CCc2nc(C3CCNCC3)no2)cc1. The summed E-state index contributed by atoms with van der Waals surface area (Å²) < 4.78 is 5.38. The second-order valence-corrected chi connectivity index (χ2v) is 5.56. The number of hydrogen-bond acceptors (Lipinski definition) is 4. The Morgan fingerprint density at radius 3 is 2.65 bits per heavy atom. The van der Waals surface area contributed by atoms with Crippen molar-refractivity contribution in [1.29, 1.82) is 0 Å². The second-order valence-electron chi connectivity index (χ2n) is 5.56. The molecule has 20 heavy (non-hydrogen) atoms. The third kappa shape index (κ3) is 3.25. The first-order chi connectivity index (χ1) is 9.81. The van der Waals surface area contributed by atoms with Gasteiger partial charge in [-0.2, -0.15) is 4.98 Å². The Hall–Kier alpha value is -1.68. The Morgan fingerprint density at radius 2 is 1.90 bits per heavy atom. The Kier molecular flexibility index (Phi) is 4.11. The summed E-state index contributed by atoms with van der Waals surface area (Å²) in [5.41, 5.74) is 2.61. The highest BCUT2D eigenvalue weighted by molar-refractivity contribution is 5.21. The Labute approximate surface area is 119 Å². The maximum absolute atomic E-state index is 5.38. The number of piperidine rings is 1. The van der Waals surface area contributed by atoms with Crippen LogP contribution in [0.1, 0.15) is 41.6 Å². The van der Waals surface area contributed by atoms with Crippen molar-refractivity contribution in [2.75, 3.05) is 13.1 Å². The van der Waals surface area contributed by atoms with Crippen molar-refractivity contribution in [2.24, 2.45) is 0 Å². The third-order valence-electron chi connectivity index (χ3n) is 3.94. The number of hydrogen-bond donors (Lipinski definition) is 1. The van der Waals surface area contributed by atoms with Crippen LogP contribution in [0.3, 0.4) is 0 Å². The fraction of sp³-hybridized carbons (Fsp3) is 0.500. The number of nitrogens with zero attached hydrogens (tertiary/aromatic N) is 2. The molecule has 0 aliphatic carbocycles. The van der Waals surface area contributed by atoms with Crippen LogP contribution in [0.5, 0.6) is 0 Å². The maximum Gasteiger partial charge on any atom is 0.226 e. The lowest BCUT2D eigenvalue weighted by molar-refractivity contribution is 0.360. The summed E-state index contributed by atoms with van der Waals surface area (Å²) in [4.78, 5) is 4.56. The van der Waals surface area contributed by atoms with Crippen LogP contribution >= 0.6 is 0 Å². The van der Waals surface area contributed by atoms with Gasteiger partial charge in [-0.15, -0.1) is 0 Å². The van der Waals surface area contributed by atoms with Crippen LogP contribution in [0.15, 0.2) is 28.8 Å². The molecule has 0 saturated carbocycles. The number of aryl methyl sites for hydroxylation is 3. The van der Waals surface area contributed by atoms with E-state index in [9.17, 15) is 0 Å². The highest BCUT2D eigenvalue weighted by Gasteiger charge is 2.20. The summed E-state index contributed by atoms with van der Waals surface area (Å²) in [5.74, 6) is 2.12. The van der Waals surface area contributed by atoms with E-state index >= 15 is 0 Å². The Morgan fingerprint density at radius 1 is 1.15 bits per heavy atom. The van der Waals surface area contributed by atoms with Crippen molar-refractivity contribution in [3.8, 4) is 0 Å². The molecular formula is C16H21N3O. The van der Waals surface area contributed by atoms with Gasteiger partial charge in [0.2, 0.25) is 5.89 Å². The topological polar surface area (TPSA) is 51.0 Å². The second kappa shape index (κ2) is 6.18. The molecule has 4 nitrogen and oxygen atoms in total. The predicted octanol–water partition coefficient (Wildman–Crippen LogP) is 2.63. The first-order valence-electron chi connectivity index (χ1n) is 7.40. The van der Waals surface area contributed by atoms with Crippen molar-refractivity contribution in [1.82, 2.24) is 15.5 Å². The smallest absolute Gasteiger partial charge is 0.226 e. The minimum absolute atomic E-state index is 0.466. The summed E-state index contributed by atoms with van der Waals surface area (Å²) in [6, 6.07) is 8.62. The molecule has 2 heterocycles. The van der Waals surface area contributed by atoms with Crippen molar-refractivity contribution < 1.29 is 4.52 Å². The molecule has 1 N–H and O–H groups in total. The molecule has 0 radical (unpaired) electrons. The lowest BCUT2D eigenvalue weighted by atomic mass is 9.98. The largest absolute Gasteiger partial charge is 0.339 e. The van der Waals surface area contributed by atoms with Gasteiger partial charge >= 0.3 is 0 Å². The van der Waals surface area contributed by atoms with Gasteiger partial charge in [0.05, 0.1) is 0 Å². The van der Waals surface area contributed by atoms with Crippen LogP contribution < -0.4 is 5.32 Å². The van der Waals surface area contributed by atoms with Crippen LogP contribution in [0.25, 0.3) is 0 Å². The lowest BCUT2D eigenvalue weighted by Crippen LogP contribution is -2.27. The van der Waals surface area contributed by atoms with Crippen molar-refractivity contribution in [2.45, 2.75) is 38.5 Å². The molecule has 0 bridgehead atoms. The van der Waals surface area contributed by atoms with Gasteiger partial charge in [-0.1, -0.05) is 35.0 Å². The average molecular weight is 271 g/mol. The molecule has 0 atom stereocenters. The highest BCUT2D eigenvalue weighted by atomic mass is 16.5. The van der Waals surface area contributed by atoms with Crippen LogP contribution in [0, 0.1) is 6.92 Å². The fourth-order valence-corrected chi connectivity index (χ4v) is 2.62. The summed E-state index contributed by atoms with van der Waals surface area (Å²) in [6.07, 6.45) is 3.99. The van der Waals surface area contributed by atoms with Gasteiger partial charge in [-0.25, -0.2) is 0 Å². The first kappa shape index (κ1) is 13.3. The molecule has 2 aromatic rings. The van der Waals surface area contributed by atoms with Crippen LogP contribution in [0.4, 0.5) is 0 Å². The molecule has 3 rings (SSSR count). The molecule has 4 heteroatoms.